The van der Waals surface area contributed by atoms with E-state index in [9.17, 15) is 9.59 Å². The molecule has 0 atom stereocenters. The Labute approximate surface area is 102 Å². The van der Waals surface area contributed by atoms with Crippen molar-refractivity contribution >= 4 is 11.6 Å². The van der Waals surface area contributed by atoms with Crippen LogP contribution in [0, 0.1) is 0 Å². The minimum atomic E-state index is -0.185. The van der Waals surface area contributed by atoms with Crippen molar-refractivity contribution in [2.75, 3.05) is 13.7 Å². The van der Waals surface area contributed by atoms with Crippen molar-refractivity contribution < 1.29 is 14.3 Å². The number of rotatable bonds is 7. The lowest BCUT2D eigenvalue weighted by atomic mass is 10.0. The van der Waals surface area contributed by atoms with E-state index in [-0.39, 0.29) is 24.6 Å². The highest BCUT2D eigenvalue weighted by molar-refractivity contribution is 6.08. The number of Topliss-reactive ketones (excluding diaryl/α,β-unsaturated/α-hetero) is 2. The number of carbonyl (C=O) groups is 2. The summed E-state index contributed by atoms with van der Waals surface area (Å²) in [5.74, 6) is -0.328. The number of ether oxygens (including phenoxy) is 1. The summed E-state index contributed by atoms with van der Waals surface area (Å²) in [5, 5.41) is 0. The normalized spacial score (nSPS) is 10.2. The molecule has 3 nitrogen and oxygen atoms in total. The van der Waals surface area contributed by atoms with Gasteiger partial charge in [0, 0.05) is 12.7 Å². The van der Waals surface area contributed by atoms with Crippen LogP contribution in [0.4, 0.5) is 0 Å². The van der Waals surface area contributed by atoms with Crippen molar-refractivity contribution in [1.29, 1.82) is 0 Å². The van der Waals surface area contributed by atoms with Crippen LogP contribution in [-0.2, 0) is 16.0 Å². The molecule has 1 aromatic carbocycles. The maximum absolute atomic E-state index is 11.7. The molecule has 0 aliphatic heterocycles. The van der Waals surface area contributed by atoms with Gasteiger partial charge in [-0.2, -0.15) is 0 Å². The van der Waals surface area contributed by atoms with Crippen LogP contribution in [0.15, 0.2) is 24.3 Å². The fourth-order valence-electron chi connectivity index (χ4n) is 1.64. The first-order valence-corrected chi connectivity index (χ1v) is 5.80. The van der Waals surface area contributed by atoms with Gasteiger partial charge in [0.2, 0.25) is 0 Å². The van der Waals surface area contributed by atoms with Crippen molar-refractivity contribution in [3.8, 4) is 0 Å². The van der Waals surface area contributed by atoms with Gasteiger partial charge in [0.15, 0.2) is 11.6 Å². The summed E-state index contributed by atoms with van der Waals surface area (Å²) >= 11 is 0. The van der Waals surface area contributed by atoms with E-state index in [1.54, 1.807) is 12.1 Å². The topological polar surface area (TPSA) is 43.4 Å². The first kappa shape index (κ1) is 13.6. The zero-order valence-electron chi connectivity index (χ0n) is 10.4. The zero-order chi connectivity index (χ0) is 12.7. The Bertz CT molecular complexity index is 379. The Hall–Kier alpha value is -1.48. The van der Waals surface area contributed by atoms with E-state index in [1.165, 1.54) is 12.7 Å². The fraction of sp³-hybridized carbons (Fsp3) is 0.429. The summed E-state index contributed by atoms with van der Waals surface area (Å²) < 4.78 is 4.69. The van der Waals surface area contributed by atoms with E-state index < -0.39 is 0 Å². The van der Waals surface area contributed by atoms with Gasteiger partial charge in [0.05, 0.1) is 6.42 Å². The third kappa shape index (κ3) is 4.49. The van der Waals surface area contributed by atoms with Crippen molar-refractivity contribution in [3.05, 3.63) is 35.4 Å². The number of methoxy groups -OCH3 is 1. The van der Waals surface area contributed by atoms with Gasteiger partial charge >= 0.3 is 0 Å². The molecular weight excluding hydrogens is 216 g/mol. The molecule has 0 radical (unpaired) electrons. The SMILES string of the molecule is CCCc1ccc(C(=O)CC(=O)COC)cc1. The van der Waals surface area contributed by atoms with Crippen LogP contribution in [0.1, 0.15) is 35.7 Å². The second kappa shape index (κ2) is 6.97. The summed E-state index contributed by atoms with van der Waals surface area (Å²) in [5.41, 5.74) is 1.81. The molecule has 0 aliphatic carbocycles. The van der Waals surface area contributed by atoms with E-state index in [2.05, 4.69) is 11.7 Å². The molecule has 0 amide bonds. The minimum Gasteiger partial charge on any atom is -0.377 e. The number of ketones is 2. The summed E-state index contributed by atoms with van der Waals surface area (Å²) in [7, 11) is 1.45. The van der Waals surface area contributed by atoms with E-state index in [0.717, 1.165) is 12.8 Å². The Morgan fingerprint density at radius 1 is 1.18 bits per heavy atom. The largest absolute Gasteiger partial charge is 0.377 e. The highest BCUT2D eigenvalue weighted by Gasteiger charge is 2.11. The molecule has 0 N–H and O–H groups in total. The van der Waals surface area contributed by atoms with E-state index in [1.807, 2.05) is 12.1 Å². The molecule has 0 saturated heterocycles. The summed E-state index contributed by atoms with van der Waals surface area (Å²) in [6.45, 7) is 2.11. The van der Waals surface area contributed by atoms with Gasteiger partial charge in [-0.3, -0.25) is 9.59 Å². The molecule has 17 heavy (non-hydrogen) atoms. The van der Waals surface area contributed by atoms with Crippen LogP contribution < -0.4 is 0 Å². The molecule has 1 aromatic rings. The predicted octanol–water partition coefficient (Wildman–Crippen LogP) is 2.43. The Kier molecular flexibility index (Phi) is 5.57. The molecule has 92 valence electrons. The lowest BCUT2D eigenvalue weighted by Crippen LogP contribution is -2.12. The molecule has 0 unspecified atom stereocenters. The van der Waals surface area contributed by atoms with Crippen LogP contribution in [0.5, 0.6) is 0 Å². The second-order valence-electron chi connectivity index (χ2n) is 4.02. The lowest BCUT2D eigenvalue weighted by Gasteiger charge is -2.02. The third-order valence-corrected chi connectivity index (χ3v) is 2.48. The predicted molar refractivity (Wildman–Crippen MR) is 66.3 cm³/mol. The van der Waals surface area contributed by atoms with Gasteiger partial charge < -0.3 is 4.74 Å². The van der Waals surface area contributed by atoms with Crippen molar-refractivity contribution in [1.82, 2.24) is 0 Å². The van der Waals surface area contributed by atoms with Gasteiger partial charge in [0.1, 0.15) is 6.61 Å². The van der Waals surface area contributed by atoms with E-state index in [4.69, 9.17) is 0 Å². The third-order valence-electron chi connectivity index (χ3n) is 2.48. The van der Waals surface area contributed by atoms with Crippen LogP contribution in [0.2, 0.25) is 0 Å². The van der Waals surface area contributed by atoms with Crippen LogP contribution >= 0.6 is 0 Å². The van der Waals surface area contributed by atoms with Gasteiger partial charge in [-0.05, 0) is 12.0 Å². The average Bonchev–Trinajstić information content (AvgIpc) is 2.30. The molecule has 0 heterocycles. The van der Waals surface area contributed by atoms with Crippen LogP contribution in [0.25, 0.3) is 0 Å². The van der Waals surface area contributed by atoms with Gasteiger partial charge in [-0.1, -0.05) is 37.6 Å². The quantitative estimate of drug-likeness (QED) is 0.537. The Balaban J connectivity index is 2.60. The first-order chi connectivity index (χ1) is 8.17. The molecule has 0 fully saturated rings. The number of aryl methyl sites for hydroxylation is 1. The molecule has 0 aromatic heterocycles. The van der Waals surface area contributed by atoms with Gasteiger partial charge in [-0.15, -0.1) is 0 Å². The standard InChI is InChI=1S/C14H18O3/c1-3-4-11-5-7-12(8-6-11)14(16)9-13(15)10-17-2/h5-8H,3-4,9-10H2,1-2H3. The number of hydrogen-bond acceptors (Lipinski definition) is 3. The van der Waals surface area contributed by atoms with Gasteiger partial charge in [-0.25, -0.2) is 0 Å². The van der Waals surface area contributed by atoms with E-state index >= 15 is 0 Å². The maximum Gasteiger partial charge on any atom is 0.170 e. The van der Waals surface area contributed by atoms with Crippen LogP contribution in [0.3, 0.4) is 0 Å². The zero-order valence-corrected chi connectivity index (χ0v) is 10.4. The molecular formula is C14H18O3. The number of benzene rings is 1. The highest BCUT2D eigenvalue weighted by Crippen LogP contribution is 2.09. The molecule has 0 saturated carbocycles. The Morgan fingerprint density at radius 3 is 2.35 bits per heavy atom. The summed E-state index contributed by atoms with van der Waals surface area (Å²) in [6.07, 6.45) is 2.01. The molecule has 0 spiro atoms. The first-order valence-electron chi connectivity index (χ1n) is 5.80. The van der Waals surface area contributed by atoms with Crippen molar-refractivity contribution in [3.63, 3.8) is 0 Å². The van der Waals surface area contributed by atoms with Crippen molar-refractivity contribution in [2.45, 2.75) is 26.2 Å². The fourth-order valence-corrected chi connectivity index (χ4v) is 1.64. The molecule has 3 heteroatoms. The van der Waals surface area contributed by atoms with E-state index in [0.29, 0.717) is 5.56 Å². The summed E-state index contributed by atoms with van der Waals surface area (Å²) in [4.78, 5) is 23.0. The lowest BCUT2D eigenvalue weighted by molar-refractivity contribution is -0.121. The minimum absolute atomic E-state index is 0.000339. The smallest absolute Gasteiger partial charge is 0.170 e. The highest BCUT2D eigenvalue weighted by atomic mass is 16.5. The van der Waals surface area contributed by atoms with Crippen LogP contribution in [-0.4, -0.2) is 25.3 Å². The number of hydrogen-bond donors (Lipinski definition) is 0. The Morgan fingerprint density at radius 2 is 1.82 bits per heavy atom. The monoisotopic (exact) mass is 234 g/mol. The molecule has 0 bridgehead atoms. The van der Waals surface area contributed by atoms with Crippen molar-refractivity contribution in [2.24, 2.45) is 0 Å². The number of carbonyl (C=O) groups excluding carboxylic acids is 2. The average molecular weight is 234 g/mol. The van der Waals surface area contributed by atoms with Gasteiger partial charge in [0.25, 0.3) is 0 Å². The molecule has 1 rings (SSSR count). The second-order valence-corrected chi connectivity index (χ2v) is 4.02. The summed E-state index contributed by atoms with van der Waals surface area (Å²) in [6, 6.07) is 7.45. The molecule has 0 aliphatic rings. The maximum atomic E-state index is 11.7.